The number of hydrogen-bond acceptors (Lipinski definition) is 5. The van der Waals surface area contributed by atoms with Gasteiger partial charge in [-0.15, -0.1) is 0 Å². The molecule has 1 atom stereocenters. The molecule has 0 saturated heterocycles. The number of nitrogen functional groups attached to an aromatic ring is 1. The van der Waals surface area contributed by atoms with Gasteiger partial charge in [-0.25, -0.2) is 18.7 Å². The fraction of sp³-hybridized carbons (Fsp3) is 0.214. The molecule has 2 rings (SSSR count). The summed E-state index contributed by atoms with van der Waals surface area (Å²) in [6.45, 7) is 3.37. The smallest absolute Gasteiger partial charge is 0.237 e. The molecule has 1 aromatic carbocycles. The number of aryl methyl sites for hydroxylation is 1. The number of nitrogens with one attached hydrogen (secondary N) is 1. The van der Waals surface area contributed by atoms with Crippen molar-refractivity contribution in [1.82, 2.24) is 9.97 Å². The number of aromatic nitrogens is 2. The monoisotopic (exact) mass is 324 g/mol. The summed E-state index contributed by atoms with van der Waals surface area (Å²) in [5, 5.41) is 2.08. The zero-order valence-corrected chi connectivity index (χ0v) is 12.7. The summed E-state index contributed by atoms with van der Waals surface area (Å²) in [6.07, 6.45) is 0. The molecule has 3 N–H and O–H groups in total. The number of hydrogen-bond donors (Lipinski definition) is 2. The van der Waals surface area contributed by atoms with Crippen LogP contribution in [-0.2, 0) is 4.79 Å². The van der Waals surface area contributed by atoms with Crippen molar-refractivity contribution < 1.29 is 13.6 Å². The van der Waals surface area contributed by atoms with E-state index in [1.165, 1.54) is 0 Å². The Kier molecular flexibility index (Phi) is 4.92. The van der Waals surface area contributed by atoms with Gasteiger partial charge in [0.1, 0.15) is 17.5 Å². The Morgan fingerprint density at radius 1 is 1.32 bits per heavy atom. The molecule has 0 spiro atoms. The number of rotatable bonds is 4. The Bertz CT molecular complexity index is 691. The van der Waals surface area contributed by atoms with Crippen LogP contribution in [0.4, 0.5) is 20.3 Å². The summed E-state index contributed by atoms with van der Waals surface area (Å²) in [4.78, 5) is 20.2. The van der Waals surface area contributed by atoms with E-state index in [-0.39, 0.29) is 5.69 Å². The molecule has 0 aliphatic heterocycles. The second-order valence-corrected chi connectivity index (χ2v) is 5.90. The van der Waals surface area contributed by atoms with Crippen LogP contribution in [0, 0.1) is 18.6 Å². The molecule has 2 aromatic rings. The van der Waals surface area contributed by atoms with Crippen LogP contribution in [0.3, 0.4) is 0 Å². The van der Waals surface area contributed by atoms with Crippen LogP contribution in [-0.4, -0.2) is 21.1 Å². The van der Waals surface area contributed by atoms with E-state index in [1.54, 1.807) is 19.9 Å². The first-order valence-electron chi connectivity index (χ1n) is 6.39. The number of nitrogens with zero attached hydrogens (tertiary/aromatic N) is 2. The Morgan fingerprint density at radius 3 is 2.73 bits per heavy atom. The molecule has 0 fully saturated rings. The number of thioether (sulfide) groups is 1. The average Bonchev–Trinajstić information content (AvgIpc) is 2.41. The normalized spacial score (nSPS) is 12.0. The predicted molar refractivity (Wildman–Crippen MR) is 81.5 cm³/mol. The van der Waals surface area contributed by atoms with E-state index in [0.29, 0.717) is 16.7 Å². The average molecular weight is 324 g/mol. The van der Waals surface area contributed by atoms with E-state index < -0.39 is 22.8 Å². The standard InChI is InChI=1S/C14H14F2N4OS/c1-7-5-12(17)20-14(18-7)22-8(2)13(21)19-11-6-9(15)3-4-10(11)16/h3-6,8H,1-2H3,(H,19,21)(H2,17,18,20). The largest absolute Gasteiger partial charge is 0.384 e. The molecule has 5 nitrogen and oxygen atoms in total. The third kappa shape index (κ3) is 4.14. The third-order valence-electron chi connectivity index (χ3n) is 2.69. The Hall–Kier alpha value is -2.22. The Balaban J connectivity index is 2.07. The number of carbonyl (C=O) groups is 1. The fourth-order valence-corrected chi connectivity index (χ4v) is 2.49. The van der Waals surface area contributed by atoms with Gasteiger partial charge in [-0.05, 0) is 26.0 Å². The molecule has 1 unspecified atom stereocenters. The zero-order valence-electron chi connectivity index (χ0n) is 11.9. The molecular formula is C14H14F2N4OS. The van der Waals surface area contributed by atoms with Crippen LogP contribution in [0.2, 0.25) is 0 Å². The number of halogens is 2. The quantitative estimate of drug-likeness (QED) is 0.668. The summed E-state index contributed by atoms with van der Waals surface area (Å²) in [5.74, 6) is -1.52. The van der Waals surface area contributed by atoms with Crippen LogP contribution in [0.5, 0.6) is 0 Å². The number of benzene rings is 1. The number of carbonyl (C=O) groups excluding carboxylic acids is 1. The summed E-state index contributed by atoms with van der Waals surface area (Å²) < 4.78 is 26.6. The minimum absolute atomic E-state index is 0.206. The molecule has 0 bridgehead atoms. The van der Waals surface area contributed by atoms with Gasteiger partial charge in [0.05, 0.1) is 10.9 Å². The van der Waals surface area contributed by atoms with Crippen molar-refractivity contribution in [3.63, 3.8) is 0 Å². The third-order valence-corrected chi connectivity index (χ3v) is 3.65. The van der Waals surface area contributed by atoms with E-state index in [2.05, 4.69) is 15.3 Å². The molecule has 22 heavy (non-hydrogen) atoms. The predicted octanol–water partition coefficient (Wildman–Crippen LogP) is 2.76. The number of nitrogens with two attached hydrogens (primary N) is 1. The summed E-state index contributed by atoms with van der Waals surface area (Å²) in [5.41, 5.74) is 6.09. The zero-order chi connectivity index (χ0) is 16.3. The van der Waals surface area contributed by atoms with Gasteiger partial charge in [0.2, 0.25) is 5.91 Å². The summed E-state index contributed by atoms with van der Waals surface area (Å²) >= 11 is 1.08. The second kappa shape index (κ2) is 6.69. The van der Waals surface area contributed by atoms with Crippen molar-refractivity contribution in [3.8, 4) is 0 Å². The van der Waals surface area contributed by atoms with Gasteiger partial charge in [0.15, 0.2) is 5.16 Å². The Morgan fingerprint density at radius 2 is 2.05 bits per heavy atom. The maximum absolute atomic E-state index is 13.5. The Labute approximate surface area is 130 Å². The van der Waals surface area contributed by atoms with Crippen LogP contribution in [0.15, 0.2) is 29.4 Å². The van der Waals surface area contributed by atoms with Gasteiger partial charge in [0.25, 0.3) is 0 Å². The van der Waals surface area contributed by atoms with Crippen molar-refractivity contribution in [1.29, 1.82) is 0 Å². The van der Waals surface area contributed by atoms with Gasteiger partial charge in [-0.2, -0.15) is 0 Å². The molecule has 116 valence electrons. The van der Waals surface area contributed by atoms with Crippen molar-refractivity contribution in [2.75, 3.05) is 11.1 Å². The molecule has 1 heterocycles. The van der Waals surface area contributed by atoms with E-state index in [1.807, 2.05) is 0 Å². The van der Waals surface area contributed by atoms with Crippen molar-refractivity contribution >= 4 is 29.2 Å². The van der Waals surface area contributed by atoms with E-state index >= 15 is 0 Å². The lowest BCUT2D eigenvalue weighted by molar-refractivity contribution is -0.115. The highest BCUT2D eigenvalue weighted by atomic mass is 32.2. The highest BCUT2D eigenvalue weighted by Crippen LogP contribution is 2.23. The SMILES string of the molecule is Cc1cc(N)nc(SC(C)C(=O)Nc2cc(F)ccc2F)n1. The molecule has 1 amide bonds. The number of anilines is 2. The molecule has 0 aliphatic rings. The summed E-state index contributed by atoms with van der Waals surface area (Å²) in [7, 11) is 0. The van der Waals surface area contributed by atoms with Crippen molar-refractivity contribution in [2.45, 2.75) is 24.3 Å². The van der Waals surface area contributed by atoms with Crippen LogP contribution in [0.25, 0.3) is 0 Å². The lowest BCUT2D eigenvalue weighted by atomic mass is 10.3. The molecular weight excluding hydrogens is 310 g/mol. The highest BCUT2D eigenvalue weighted by Gasteiger charge is 2.18. The molecule has 8 heteroatoms. The fourth-order valence-electron chi connectivity index (χ4n) is 1.66. The van der Waals surface area contributed by atoms with Crippen molar-refractivity contribution in [2.24, 2.45) is 0 Å². The van der Waals surface area contributed by atoms with E-state index in [9.17, 15) is 13.6 Å². The molecule has 0 saturated carbocycles. The highest BCUT2D eigenvalue weighted by molar-refractivity contribution is 8.00. The lowest BCUT2D eigenvalue weighted by Crippen LogP contribution is -2.23. The molecule has 0 aliphatic carbocycles. The van der Waals surface area contributed by atoms with Gasteiger partial charge >= 0.3 is 0 Å². The van der Waals surface area contributed by atoms with Gasteiger partial charge < -0.3 is 11.1 Å². The topological polar surface area (TPSA) is 80.9 Å². The van der Waals surface area contributed by atoms with Gasteiger partial charge in [-0.3, -0.25) is 4.79 Å². The molecule has 1 aromatic heterocycles. The first kappa shape index (κ1) is 16.2. The van der Waals surface area contributed by atoms with E-state index in [0.717, 1.165) is 30.0 Å². The second-order valence-electron chi connectivity index (χ2n) is 4.59. The van der Waals surface area contributed by atoms with Crippen LogP contribution < -0.4 is 11.1 Å². The van der Waals surface area contributed by atoms with Gasteiger partial charge in [-0.1, -0.05) is 11.8 Å². The van der Waals surface area contributed by atoms with Crippen LogP contribution >= 0.6 is 11.8 Å². The minimum Gasteiger partial charge on any atom is -0.384 e. The van der Waals surface area contributed by atoms with Gasteiger partial charge in [0, 0.05) is 17.8 Å². The first-order valence-corrected chi connectivity index (χ1v) is 7.27. The first-order chi connectivity index (χ1) is 10.3. The minimum atomic E-state index is -0.706. The van der Waals surface area contributed by atoms with Crippen LogP contribution in [0.1, 0.15) is 12.6 Å². The van der Waals surface area contributed by atoms with Crippen molar-refractivity contribution in [3.05, 3.63) is 41.6 Å². The van der Waals surface area contributed by atoms with E-state index in [4.69, 9.17) is 5.73 Å². The lowest BCUT2D eigenvalue weighted by Gasteiger charge is -2.12. The summed E-state index contributed by atoms with van der Waals surface area (Å²) in [6, 6.07) is 4.46. The maximum Gasteiger partial charge on any atom is 0.237 e. The molecule has 0 radical (unpaired) electrons. The number of amides is 1. The maximum atomic E-state index is 13.5.